The van der Waals surface area contributed by atoms with Gasteiger partial charge in [-0.1, -0.05) is 173 Å². The summed E-state index contributed by atoms with van der Waals surface area (Å²) in [5.74, 6) is 0. The molecule has 1 unspecified atom stereocenters. The summed E-state index contributed by atoms with van der Waals surface area (Å²) in [6.07, 6.45) is 36.2. The monoisotopic (exact) mass is 510 g/mol. The molecule has 1 atom stereocenters. The molecule has 2 rings (SSSR count). The van der Waals surface area contributed by atoms with Crippen LogP contribution in [0, 0.1) is 0 Å². The molecule has 1 aromatic carbocycles. The fourth-order valence-electron chi connectivity index (χ4n) is 5.84. The van der Waals surface area contributed by atoms with Gasteiger partial charge < -0.3 is 9.80 Å². The summed E-state index contributed by atoms with van der Waals surface area (Å²) in [6.45, 7) is 6.97. The lowest BCUT2D eigenvalue weighted by Crippen LogP contribution is -2.32. The van der Waals surface area contributed by atoms with Crippen molar-refractivity contribution < 1.29 is 0 Å². The van der Waals surface area contributed by atoms with Gasteiger partial charge in [0.1, 0.15) is 6.17 Å². The van der Waals surface area contributed by atoms with Crippen LogP contribution in [0.2, 0.25) is 0 Å². The van der Waals surface area contributed by atoms with Crippen molar-refractivity contribution in [2.45, 2.75) is 161 Å². The fourth-order valence-corrected chi connectivity index (χ4v) is 5.84. The van der Waals surface area contributed by atoms with E-state index in [4.69, 9.17) is 0 Å². The van der Waals surface area contributed by atoms with E-state index in [0.717, 1.165) is 0 Å². The van der Waals surface area contributed by atoms with Crippen molar-refractivity contribution in [2.24, 2.45) is 0 Å². The minimum Gasteiger partial charge on any atom is -0.352 e. The molecule has 0 fully saturated rings. The van der Waals surface area contributed by atoms with Crippen LogP contribution in [-0.4, -0.2) is 22.9 Å². The Bertz CT molecular complexity index is 640. The van der Waals surface area contributed by atoms with E-state index in [9.17, 15) is 0 Å². The standard InChI is InChI=1S/C35H62N2/c1-3-5-7-9-11-12-13-14-15-16-17-18-20-22-27-31-37-33-32-36(30-26-21-19-10-8-6-4-2)35(37)34-28-24-23-25-29-34/h23-25,28-29,32-33,35H,3-22,26-27,30-31H2,1-2H3. The third-order valence-electron chi connectivity index (χ3n) is 8.22. The third-order valence-corrected chi connectivity index (χ3v) is 8.22. The quantitative estimate of drug-likeness (QED) is 0.121. The maximum Gasteiger partial charge on any atom is 0.127 e. The zero-order valence-corrected chi connectivity index (χ0v) is 25.0. The molecular formula is C35H62N2. The average Bonchev–Trinajstić information content (AvgIpc) is 3.33. The third kappa shape index (κ3) is 14.9. The molecule has 0 amide bonds. The molecule has 0 bridgehead atoms. The maximum atomic E-state index is 2.60. The van der Waals surface area contributed by atoms with Crippen LogP contribution in [0.15, 0.2) is 42.7 Å². The van der Waals surface area contributed by atoms with Crippen LogP contribution in [0.5, 0.6) is 0 Å². The van der Waals surface area contributed by atoms with Crippen LogP contribution >= 0.6 is 0 Å². The first-order chi connectivity index (χ1) is 18.4. The summed E-state index contributed by atoms with van der Waals surface area (Å²) >= 11 is 0. The summed E-state index contributed by atoms with van der Waals surface area (Å²) in [4.78, 5) is 5.19. The number of hydrogen-bond acceptors (Lipinski definition) is 2. The molecule has 0 saturated carbocycles. The van der Waals surface area contributed by atoms with Gasteiger partial charge in [-0.2, -0.15) is 0 Å². The maximum absolute atomic E-state index is 2.60. The van der Waals surface area contributed by atoms with E-state index in [1.54, 1.807) is 0 Å². The largest absolute Gasteiger partial charge is 0.352 e. The summed E-state index contributed by atoms with van der Waals surface area (Å²) in [7, 11) is 0. The highest BCUT2D eigenvalue weighted by molar-refractivity contribution is 5.21. The van der Waals surface area contributed by atoms with Gasteiger partial charge in [-0.3, -0.25) is 0 Å². The molecule has 37 heavy (non-hydrogen) atoms. The molecule has 0 N–H and O–H groups in total. The van der Waals surface area contributed by atoms with Crippen molar-refractivity contribution in [3.63, 3.8) is 0 Å². The highest BCUT2D eigenvalue weighted by Gasteiger charge is 2.26. The molecule has 2 heteroatoms. The molecule has 2 nitrogen and oxygen atoms in total. The van der Waals surface area contributed by atoms with Gasteiger partial charge >= 0.3 is 0 Å². The molecule has 212 valence electrons. The van der Waals surface area contributed by atoms with E-state index < -0.39 is 0 Å². The SMILES string of the molecule is CCCCCCCCCCCCCCCCCN1C=CN(CCCCCCCCC)C1c1ccccc1. The van der Waals surface area contributed by atoms with Crippen molar-refractivity contribution in [2.75, 3.05) is 13.1 Å². The Balaban J connectivity index is 1.54. The molecule has 1 aromatic rings. The van der Waals surface area contributed by atoms with Crippen LogP contribution in [0.1, 0.15) is 167 Å². The molecular weight excluding hydrogens is 448 g/mol. The van der Waals surface area contributed by atoms with E-state index in [1.165, 1.54) is 160 Å². The Kier molecular flexibility index (Phi) is 19.4. The molecule has 1 aliphatic rings. The molecule has 0 aromatic heterocycles. The first kappa shape index (κ1) is 31.8. The van der Waals surface area contributed by atoms with Gasteiger partial charge in [-0.05, 0) is 18.4 Å². The van der Waals surface area contributed by atoms with Gasteiger partial charge in [-0.15, -0.1) is 0 Å². The van der Waals surface area contributed by atoms with Gasteiger partial charge in [0, 0.05) is 25.5 Å². The highest BCUT2D eigenvalue weighted by atomic mass is 15.4. The summed E-state index contributed by atoms with van der Waals surface area (Å²) in [6, 6.07) is 11.2. The van der Waals surface area contributed by atoms with E-state index in [-0.39, 0.29) is 0 Å². The number of benzene rings is 1. The zero-order valence-electron chi connectivity index (χ0n) is 25.0. The molecule has 0 spiro atoms. The van der Waals surface area contributed by atoms with Crippen LogP contribution < -0.4 is 0 Å². The van der Waals surface area contributed by atoms with Crippen LogP contribution in [-0.2, 0) is 0 Å². The summed E-state index contributed by atoms with van der Waals surface area (Å²) in [5, 5.41) is 0. The lowest BCUT2D eigenvalue weighted by molar-refractivity contribution is 0.149. The molecule has 0 radical (unpaired) electrons. The van der Waals surface area contributed by atoms with Gasteiger partial charge in [-0.25, -0.2) is 0 Å². The van der Waals surface area contributed by atoms with Crippen LogP contribution in [0.4, 0.5) is 0 Å². The molecule has 0 aliphatic carbocycles. The second-order valence-corrected chi connectivity index (χ2v) is 11.6. The normalized spacial score (nSPS) is 15.2. The predicted octanol–water partition coefficient (Wildman–Crippen LogP) is 11.4. The number of hydrogen-bond donors (Lipinski definition) is 0. The Morgan fingerprint density at radius 3 is 1.11 bits per heavy atom. The number of nitrogens with zero attached hydrogens (tertiary/aromatic N) is 2. The van der Waals surface area contributed by atoms with Crippen LogP contribution in [0.3, 0.4) is 0 Å². The topological polar surface area (TPSA) is 6.48 Å². The second-order valence-electron chi connectivity index (χ2n) is 11.6. The van der Waals surface area contributed by atoms with Gasteiger partial charge in [0.05, 0.1) is 0 Å². The lowest BCUT2D eigenvalue weighted by Gasteiger charge is -2.33. The Labute approximate surface area is 232 Å². The van der Waals surface area contributed by atoms with E-state index in [2.05, 4.69) is 66.4 Å². The minimum absolute atomic E-state index is 0.396. The zero-order chi connectivity index (χ0) is 26.2. The average molecular weight is 511 g/mol. The number of unbranched alkanes of at least 4 members (excludes halogenated alkanes) is 20. The highest BCUT2D eigenvalue weighted by Crippen LogP contribution is 2.31. The van der Waals surface area contributed by atoms with E-state index >= 15 is 0 Å². The van der Waals surface area contributed by atoms with Gasteiger partial charge in [0.15, 0.2) is 0 Å². The van der Waals surface area contributed by atoms with Gasteiger partial charge in [0.25, 0.3) is 0 Å². The predicted molar refractivity (Wildman–Crippen MR) is 165 cm³/mol. The molecule has 1 aliphatic heterocycles. The molecule has 0 saturated heterocycles. The Hall–Kier alpha value is -1.44. The molecule has 1 heterocycles. The van der Waals surface area contributed by atoms with Crippen molar-refractivity contribution in [3.05, 3.63) is 48.3 Å². The second kappa shape index (κ2) is 22.5. The fraction of sp³-hybridized carbons (Fsp3) is 0.771. The van der Waals surface area contributed by atoms with Crippen molar-refractivity contribution in [3.8, 4) is 0 Å². The smallest absolute Gasteiger partial charge is 0.127 e. The van der Waals surface area contributed by atoms with E-state index in [1.807, 2.05) is 0 Å². The first-order valence-corrected chi connectivity index (χ1v) is 16.6. The summed E-state index contributed by atoms with van der Waals surface area (Å²) < 4.78 is 0. The lowest BCUT2D eigenvalue weighted by atomic mass is 10.0. The minimum atomic E-state index is 0.396. The van der Waals surface area contributed by atoms with E-state index in [0.29, 0.717) is 6.17 Å². The summed E-state index contributed by atoms with van der Waals surface area (Å²) in [5.41, 5.74) is 1.44. The van der Waals surface area contributed by atoms with Crippen molar-refractivity contribution in [1.29, 1.82) is 0 Å². The van der Waals surface area contributed by atoms with Gasteiger partial charge in [0.2, 0.25) is 0 Å². The number of rotatable bonds is 25. The van der Waals surface area contributed by atoms with Crippen molar-refractivity contribution in [1.82, 2.24) is 9.80 Å². The Morgan fingerprint density at radius 2 is 0.757 bits per heavy atom. The Morgan fingerprint density at radius 1 is 0.432 bits per heavy atom. The van der Waals surface area contributed by atoms with Crippen molar-refractivity contribution >= 4 is 0 Å². The van der Waals surface area contributed by atoms with Crippen LogP contribution in [0.25, 0.3) is 0 Å². The first-order valence-electron chi connectivity index (χ1n) is 16.6.